The van der Waals surface area contributed by atoms with Crippen LogP contribution < -0.4 is 0 Å². The smallest absolute Gasteiger partial charge is 0.222 e. The maximum absolute atomic E-state index is 11.1. The van der Waals surface area contributed by atoms with Crippen LogP contribution in [0.25, 0.3) is 0 Å². The Morgan fingerprint density at radius 3 is 2.91 bits per heavy atom. The van der Waals surface area contributed by atoms with E-state index < -0.39 is 0 Å². The molecule has 3 nitrogen and oxygen atoms in total. The normalized spacial score (nSPS) is 26.9. The molecule has 1 heterocycles. The zero-order valence-corrected chi connectivity index (χ0v) is 7.17. The fourth-order valence-electron chi connectivity index (χ4n) is 1.32. The summed E-state index contributed by atoms with van der Waals surface area (Å²) >= 11 is 0. The molecule has 64 valence electrons. The largest absolute Gasteiger partial charge is 0.381 e. The Morgan fingerprint density at radius 2 is 2.27 bits per heavy atom. The fraction of sp³-hybridized carbons (Fsp3) is 0.875. The van der Waals surface area contributed by atoms with Crippen molar-refractivity contribution in [3.63, 3.8) is 0 Å². The molecule has 0 aromatic heterocycles. The summed E-state index contributed by atoms with van der Waals surface area (Å²) in [6, 6.07) is 0. The van der Waals surface area contributed by atoms with Crippen LogP contribution in [0.15, 0.2) is 0 Å². The summed E-state index contributed by atoms with van der Waals surface area (Å²) in [6.07, 6.45) is 2.76. The summed E-state index contributed by atoms with van der Waals surface area (Å²) in [5, 5.41) is 0. The van der Waals surface area contributed by atoms with Gasteiger partial charge < -0.3 is 9.64 Å². The van der Waals surface area contributed by atoms with E-state index in [2.05, 4.69) is 0 Å². The van der Waals surface area contributed by atoms with Gasteiger partial charge in [0.05, 0.1) is 6.10 Å². The van der Waals surface area contributed by atoms with E-state index in [0.29, 0.717) is 6.42 Å². The number of ether oxygens (including phenoxy) is 1. The van der Waals surface area contributed by atoms with Gasteiger partial charge in [0, 0.05) is 27.1 Å². The van der Waals surface area contributed by atoms with Crippen LogP contribution in [0.4, 0.5) is 0 Å². The average molecular weight is 157 g/mol. The van der Waals surface area contributed by atoms with Crippen molar-refractivity contribution in [2.24, 2.45) is 0 Å². The zero-order chi connectivity index (χ0) is 8.27. The Balaban J connectivity index is 2.44. The predicted molar refractivity (Wildman–Crippen MR) is 42.3 cm³/mol. The first kappa shape index (κ1) is 8.53. The molecule has 0 aromatic rings. The van der Waals surface area contributed by atoms with Crippen LogP contribution in [0.2, 0.25) is 0 Å². The molecule has 0 radical (unpaired) electrons. The Morgan fingerprint density at radius 1 is 1.55 bits per heavy atom. The van der Waals surface area contributed by atoms with Gasteiger partial charge in [0.1, 0.15) is 0 Å². The van der Waals surface area contributed by atoms with Crippen molar-refractivity contribution in [2.75, 3.05) is 20.7 Å². The predicted octanol–water partition coefficient (Wildman–Crippen LogP) is 0.644. The number of carbonyl (C=O) groups is 1. The monoisotopic (exact) mass is 157 g/mol. The zero-order valence-electron chi connectivity index (χ0n) is 7.17. The van der Waals surface area contributed by atoms with Crippen LogP contribution in [0, 0.1) is 0 Å². The minimum Gasteiger partial charge on any atom is -0.381 e. The lowest BCUT2D eigenvalue weighted by Crippen LogP contribution is -2.25. The topological polar surface area (TPSA) is 29.5 Å². The molecule has 0 aromatic carbocycles. The molecule has 1 atom stereocenters. The number of methoxy groups -OCH3 is 1. The third kappa shape index (κ3) is 2.19. The van der Waals surface area contributed by atoms with Gasteiger partial charge in [-0.15, -0.1) is 0 Å². The van der Waals surface area contributed by atoms with Crippen molar-refractivity contribution in [1.82, 2.24) is 4.90 Å². The Bertz CT molecular complexity index is 147. The van der Waals surface area contributed by atoms with Gasteiger partial charge in [0.2, 0.25) is 5.91 Å². The Kier molecular flexibility index (Phi) is 2.88. The number of hydrogen-bond donors (Lipinski definition) is 0. The van der Waals surface area contributed by atoms with Gasteiger partial charge in [-0.2, -0.15) is 0 Å². The molecule has 11 heavy (non-hydrogen) atoms. The van der Waals surface area contributed by atoms with Crippen molar-refractivity contribution in [3.05, 3.63) is 0 Å². The second kappa shape index (κ2) is 3.72. The first-order valence-electron chi connectivity index (χ1n) is 4.01. The van der Waals surface area contributed by atoms with E-state index in [-0.39, 0.29) is 12.0 Å². The fourth-order valence-corrected chi connectivity index (χ4v) is 1.32. The van der Waals surface area contributed by atoms with E-state index in [1.807, 2.05) is 7.05 Å². The molecule has 0 N–H and O–H groups in total. The lowest BCUT2D eigenvalue weighted by atomic mass is 10.2. The van der Waals surface area contributed by atoms with Crippen LogP contribution in [0.5, 0.6) is 0 Å². The van der Waals surface area contributed by atoms with Crippen LogP contribution in [0.1, 0.15) is 19.3 Å². The standard InChI is InChI=1S/C8H15NO2/c1-9-6-5-7(11-2)3-4-8(9)10/h7H,3-6H2,1-2H3. The van der Waals surface area contributed by atoms with Gasteiger partial charge in [-0.25, -0.2) is 0 Å². The molecule has 1 amide bonds. The summed E-state index contributed by atoms with van der Waals surface area (Å²) in [5.41, 5.74) is 0. The van der Waals surface area contributed by atoms with E-state index >= 15 is 0 Å². The first-order chi connectivity index (χ1) is 5.24. The third-order valence-electron chi connectivity index (χ3n) is 2.23. The molecule has 3 heteroatoms. The molecule has 1 saturated heterocycles. The van der Waals surface area contributed by atoms with Gasteiger partial charge >= 0.3 is 0 Å². The summed E-state index contributed by atoms with van der Waals surface area (Å²) in [4.78, 5) is 12.9. The highest BCUT2D eigenvalue weighted by molar-refractivity contribution is 5.76. The van der Waals surface area contributed by atoms with Gasteiger partial charge in [-0.1, -0.05) is 0 Å². The van der Waals surface area contributed by atoms with E-state index in [0.717, 1.165) is 19.4 Å². The number of carbonyl (C=O) groups excluding carboxylic acids is 1. The van der Waals surface area contributed by atoms with Crippen LogP contribution in [0.3, 0.4) is 0 Å². The SMILES string of the molecule is COC1CCC(=O)N(C)CC1. The first-order valence-corrected chi connectivity index (χ1v) is 4.01. The number of nitrogens with zero attached hydrogens (tertiary/aromatic N) is 1. The molecular formula is C8H15NO2. The van der Waals surface area contributed by atoms with Crippen molar-refractivity contribution in [2.45, 2.75) is 25.4 Å². The van der Waals surface area contributed by atoms with Gasteiger partial charge in [-0.05, 0) is 12.8 Å². The Labute approximate surface area is 67.3 Å². The summed E-state index contributed by atoms with van der Waals surface area (Å²) in [6.45, 7) is 0.831. The van der Waals surface area contributed by atoms with Crippen LogP contribution >= 0.6 is 0 Å². The van der Waals surface area contributed by atoms with Crippen molar-refractivity contribution < 1.29 is 9.53 Å². The van der Waals surface area contributed by atoms with E-state index in [1.165, 1.54) is 0 Å². The maximum Gasteiger partial charge on any atom is 0.222 e. The molecule has 0 bridgehead atoms. The highest BCUT2D eigenvalue weighted by Gasteiger charge is 2.18. The average Bonchev–Trinajstić information content (AvgIpc) is 2.16. The lowest BCUT2D eigenvalue weighted by Gasteiger charge is -2.13. The quantitative estimate of drug-likeness (QED) is 0.559. The molecule has 1 rings (SSSR count). The lowest BCUT2D eigenvalue weighted by molar-refractivity contribution is -0.129. The minimum atomic E-state index is 0.240. The molecule has 1 aliphatic rings. The number of hydrogen-bond acceptors (Lipinski definition) is 2. The van der Waals surface area contributed by atoms with Gasteiger partial charge in [0.25, 0.3) is 0 Å². The molecular weight excluding hydrogens is 142 g/mol. The number of amides is 1. The van der Waals surface area contributed by atoms with Gasteiger partial charge in [0.15, 0.2) is 0 Å². The summed E-state index contributed by atoms with van der Waals surface area (Å²) < 4.78 is 5.19. The van der Waals surface area contributed by atoms with Crippen molar-refractivity contribution in [3.8, 4) is 0 Å². The number of likely N-dealkylation sites (tertiary alicyclic amines) is 1. The summed E-state index contributed by atoms with van der Waals surface area (Å²) in [7, 11) is 3.56. The van der Waals surface area contributed by atoms with Crippen LogP contribution in [-0.2, 0) is 9.53 Å². The van der Waals surface area contributed by atoms with Gasteiger partial charge in [-0.3, -0.25) is 4.79 Å². The van der Waals surface area contributed by atoms with Crippen molar-refractivity contribution in [1.29, 1.82) is 0 Å². The second-order valence-electron chi connectivity index (χ2n) is 3.00. The number of rotatable bonds is 1. The molecule has 0 spiro atoms. The minimum absolute atomic E-state index is 0.240. The second-order valence-corrected chi connectivity index (χ2v) is 3.00. The van der Waals surface area contributed by atoms with E-state index in [1.54, 1.807) is 12.0 Å². The Hall–Kier alpha value is -0.570. The molecule has 0 saturated carbocycles. The van der Waals surface area contributed by atoms with Crippen LogP contribution in [-0.4, -0.2) is 37.6 Å². The van der Waals surface area contributed by atoms with Crippen molar-refractivity contribution >= 4 is 5.91 Å². The maximum atomic E-state index is 11.1. The molecule has 1 unspecified atom stereocenters. The highest BCUT2D eigenvalue weighted by Crippen LogP contribution is 2.12. The molecule has 0 aliphatic carbocycles. The highest BCUT2D eigenvalue weighted by atomic mass is 16.5. The summed E-state index contributed by atoms with van der Waals surface area (Å²) in [5.74, 6) is 0.240. The van der Waals surface area contributed by atoms with E-state index in [4.69, 9.17) is 4.74 Å². The van der Waals surface area contributed by atoms with E-state index in [9.17, 15) is 4.79 Å². The molecule has 1 aliphatic heterocycles. The third-order valence-corrected chi connectivity index (χ3v) is 2.23. The molecule has 1 fully saturated rings.